The second-order valence-electron chi connectivity index (χ2n) is 5.39. The van der Waals surface area contributed by atoms with Crippen LogP contribution in [0.1, 0.15) is 16.0 Å². The van der Waals surface area contributed by atoms with E-state index >= 15 is 0 Å². The van der Waals surface area contributed by atoms with Crippen LogP contribution in [0.3, 0.4) is 0 Å². The normalized spacial score (nSPS) is 11.4. The van der Waals surface area contributed by atoms with Crippen LogP contribution in [0.4, 0.5) is 0 Å². The average Bonchev–Trinajstić information content (AvgIpc) is 3.19. The predicted octanol–water partition coefficient (Wildman–Crippen LogP) is 5.14. The summed E-state index contributed by atoms with van der Waals surface area (Å²) < 4.78 is 11.3. The van der Waals surface area contributed by atoms with Gasteiger partial charge < -0.3 is 8.94 Å². The van der Waals surface area contributed by atoms with E-state index in [1.807, 2.05) is 31.2 Å². The number of nitrogens with zero attached hydrogens (tertiary/aromatic N) is 2. The van der Waals surface area contributed by atoms with Crippen molar-refractivity contribution in [2.45, 2.75) is 20.8 Å². The lowest BCUT2D eigenvalue weighted by Gasteiger charge is -1.91. The topological polar surface area (TPSA) is 52.1 Å². The molecular weight excluding hydrogens is 296 g/mol. The third kappa shape index (κ3) is 2.05. The summed E-state index contributed by atoms with van der Waals surface area (Å²) in [7, 11) is 0. The van der Waals surface area contributed by atoms with Gasteiger partial charge in [-0.2, -0.15) is 4.98 Å². The number of rotatable bonds is 2. The molecular formula is C17H14N2O2S. The van der Waals surface area contributed by atoms with Crippen LogP contribution >= 0.6 is 11.3 Å². The highest BCUT2D eigenvalue weighted by Gasteiger charge is 2.19. The molecule has 1 aromatic carbocycles. The Morgan fingerprint density at radius 1 is 1.05 bits per heavy atom. The number of aryl methyl sites for hydroxylation is 3. The molecule has 4 nitrogen and oxygen atoms in total. The Hall–Kier alpha value is -2.40. The van der Waals surface area contributed by atoms with E-state index in [-0.39, 0.29) is 0 Å². The molecule has 0 N–H and O–H groups in total. The molecule has 4 aromatic rings. The first kappa shape index (κ1) is 13.3. The SMILES string of the molecule is Cc1ccc2oc(-c3noc(-c4ccc(C)s4)n3)c(C)c2c1. The van der Waals surface area contributed by atoms with Gasteiger partial charge in [0.2, 0.25) is 5.82 Å². The van der Waals surface area contributed by atoms with Gasteiger partial charge in [-0.25, -0.2) is 0 Å². The number of aromatic nitrogens is 2. The highest BCUT2D eigenvalue weighted by atomic mass is 32.1. The Labute approximate surface area is 131 Å². The van der Waals surface area contributed by atoms with Crippen molar-refractivity contribution in [3.63, 3.8) is 0 Å². The van der Waals surface area contributed by atoms with Crippen molar-refractivity contribution in [1.82, 2.24) is 10.1 Å². The van der Waals surface area contributed by atoms with Crippen LogP contribution < -0.4 is 0 Å². The molecule has 4 rings (SSSR count). The maximum atomic E-state index is 5.91. The molecule has 0 atom stereocenters. The summed E-state index contributed by atoms with van der Waals surface area (Å²) in [5.74, 6) is 1.69. The molecule has 5 heteroatoms. The monoisotopic (exact) mass is 310 g/mol. The lowest BCUT2D eigenvalue weighted by atomic mass is 10.1. The Bertz CT molecular complexity index is 978. The summed E-state index contributed by atoms with van der Waals surface area (Å²) in [5, 5.41) is 5.17. The average molecular weight is 310 g/mol. The van der Waals surface area contributed by atoms with Crippen LogP contribution in [0.15, 0.2) is 39.3 Å². The van der Waals surface area contributed by atoms with Gasteiger partial charge in [-0.3, -0.25) is 0 Å². The highest BCUT2D eigenvalue weighted by Crippen LogP contribution is 2.34. The Kier molecular flexibility index (Phi) is 2.90. The first-order chi connectivity index (χ1) is 10.6. The fraction of sp³-hybridized carbons (Fsp3) is 0.176. The van der Waals surface area contributed by atoms with Crippen molar-refractivity contribution >= 4 is 22.3 Å². The molecule has 0 aliphatic rings. The number of hydrogen-bond acceptors (Lipinski definition) is 5. The number of thiophene rings is 1. The molecule has 0 bridgehead atoms. The minimum atomic E-state index is 0.493. The van der Waals surface area contributed by atoms with Crippen molar-refractivity contribution in [3.8, 4) is 22.4 Å². The summed E-state index contributed by atoms with van der Waals surface area (Å²) in [6.07, 6.45) is 0. The van der Waals surface area contributed by atoms with E-state index < -0.39 is 0 Å². The second-order valence-corrected chi connectivity index (χ2v) is 6.68. The molecule has 0 aliphatic heterocycles. The maximum Gasteiger partial charge on any atom is 0.268 e. The van der Waals surface area contributed by atoms with Gasteiger partial charge in [-0.15, -0.1) is 11.3 Å². The Morgan fingerprint density at radius 2 is 1.91 bits per heavy atom. The van der Waals surface area contributed by atoms with Crippen LogP contribution in [0.5, 0.6) is 0 Å². The van der Waals surface area contributed by atoms with Gasteiger partial charge in [0.25, 0.3) is 5.89 Å². The van der Waals surface area contributed by atoms with E-state index in [9.17, 15) is 0 Å². The molecule has 0 spiro atoms. The molecule has 0 radical (unpaired) electrons. The van der Waals surface area contributed by atoms with Crippen molar-refractivity contribution < 1.29 is 8.94 Å². The third-order valence-corrected chi connectivity index (χ3v) is 4.66. The lowest BCUT2D eigenvalue weighted by Crippen LogP contribution is -1.80. The minimum Gasteiger partial charge on any atom is -0.452 e. The standard InChI is InChI=1S/C17H14N2O2S/c1-9-4-6-13-12(8-9)11(3)15(20-13)16-18-17(21-19-16)14-7-5-10(2)22-14/h4-8H,1-3H3. The summed E-state index contributed by atoms with van der Waals surface area (Å²) in [6.45, 7) is 6.14. The fourth-order valence-corrected chi connectivity index (χ4v) is 3.30. The molecule has 0 saturated carbocycles. The van der Waals surface area contributed by atoms with Crippen LogP contribution in [0.25, 0.3) is 33.3 Å². The van der Waals surface area contributed by atoms with Gasteiger partial charge in [0.1, 0.15) is 5.58 Å². The molecule has 0 aliphatic carbocycles. The largest absolute Gasteiger partial charge is 0.452 e. The van der Waals surface area contributed by atoms with Gasteiger partial charge in [-0.1, -0.05) is 16.8 Å². The van der Waals surface area contributed by atoms with Crippen LogP contribution in [-0.2, 0) is 0 Å². The smallest absolute Gasteiger partial charge is 0.268 e. The molecule has 110 valence electrons. The zero-order valence-corrected chi connectivity index (χ0v) is 13.3. The van der Waals surface area contributed by atoms with E-state index in [1.54, 1.807) is 11.3 Å². The van der Waals surface area contributed by atoms with E-state index in [2.05, 4.69) is 30.1 Å². The molecule has 0 fully saturated rings. The van der Waals surface area contributed by atoms with Gasteiger partial charge in [0.05, 0.1) is 4.88 Å². The van der Waals surface area contributed by atoms with E-state index in [0.29, 0.717) is 17.5 Å². The molecule has 3 aromatic heterocycles. The van der Waals surface area contributed by atoms with Crippen molar-refractivity contribution in [2.75, 3.05) is 0 Å². The van der Waals surface area contributed by atoms with Gasteiger partial charge in [0.15, 0.2) is 5.76 Å². The fourth-order valence-electron chi connectivity index (χ4n) is 2.51. The lowest BCUT2D eigenvalue weighted by molar-refractivity contribution is 0.431. The Morgan fingerprint density at radius 3 is 2.68 bits per heavy atom. The van der Waals surface area contributed by atoms with Crippen molar-refractivity contribution in [3.05, 3.63) is 46.3 Å². The van der Waals surface area contributed by atoms with Crippen LogP contribution in [0, 0.1) is 20.8 Å². The van der Waals surface area contributed by atoms with Gasteiger partial charge in [-0.05, 0) is 45.0 Å². The molecule has 3 heterocycles. The summed E-state index contributed by atoms with van der Waals surface area (Å²) in [4.78, 5) is 6.67. The third-order valence-electron chi connectivity index (χ3n) is 3.67. The molecule has 0 unspecified atom stereocenters. The predicted molar refractivity (Wildman–Crippen MR) is 87.0 cm³/mol. The first-order valence-corrected chi connectivity index (χ1v) is 7.84. The summed E-state index contributed by atoms with van der Waals surface area (Å²) in [5.41, 5.74) is 3.08. The quantitative estimate of drug-likeness (QED) is 0.514. The van der Waals surface area contributed by atoms with Crippen LogP contribution in [-0.4, -0.2) is 10.1 Å². The van der Waals surface area contributed by atoms with Gasteiger partial charge in [0, 0.05) is 15.8 Å². The highest BCUT2D eigenvalue weighted by molar-refractivity contribution is 7.15. The van der Waals surface area contributed by atoms with E-state index in [4.69, 9.17) is 8.94 Å². The van der Waals surface area contributed by atoms with Crippen molar-refractivity contribution in [1.29, 1.82) is 0 Å². The van der Waals surface area contributed by atoms with Crippen molar-refractivity contribution in [2.24, 2.45) is 0 Å². The minimum absolute atomic E-state index is 0.493. The number of hydrogen-bond donors (Lipinski definition) is 0. The summed E-state index contributed by atoms with van der Waals surface area (Å²) >= 11 is 1.63. The number of furan rings is 1. The van der Waals surface area contributed by atoms with E-state index in [1.165, 1.54) is 10.4 Å². The zero-order valence-electron chi connectivity index (χ0n) is 12.5. The number of benzene rings is 1. The van der Waals surface area contributed by atoms with Gasteiger partial charge >= 0.3 is 0 Å². The Balaban J connectivity index is 1.82. The zero-order chi connectivity index (χ0) is 15.3. The number of fused-ring (bicyclic) bond motifs is 1. The van der Waals surface area contributed by atoms with Crippen LogP contribution in [0.2, 0.25) is 0 Å². The maximum absolute atomic E-state index is 5.91. The second kappa shape index (κ2) is 4.81. The molecule has 22 heavy (non-hydrogen) atoms. The van der Waals surface area contributed by atoms with E-state index in [0.717, 1.165) is 21.4 Å². The first-order valence-electron chi connectivity index (χ1n) is 7.02. The molecule has 0 saturated heterocycles. The molecule has 0 amide bonds. The summed E-state index contributed by atoms with van der Waals surface area (Å²) in [6, 6.07) is 10.2.